The molecule has 0 saturated heterocycles. The predicted molar refractivity (Wildman–Crippen MR) is 84.3 cm³/mol. The first-order valence-corrected chi connectivity index (χ1v) is 6.90. The first-order valence-electron chi connectivity index (χ1n) is 6.90. The van der Waals surface area contributed by atoms with Gasteiger partial charge in [-0.25, -0.2) is 4.39 Å². The highest BCUT2D eigenvalue weighted by atomic mass is 19.1. The third kappa shape index (κ3) is 4.00. The van der Waals surface area contributed by atoms with Crippen LogP contribution >= 0.6 is 0 Å². The zero-order chi connectivity index (χ0) is 16.7. The molecule has 0 fully saturated rings. The minimum Gasteiger partial charge on any atom is -0.505 e. The van der Waals surface area contributed by atoms with Crippen LogP contribution in [0.2, 0.25) is 0 Å². The topological polar surface area (TPSA) is 72.3 Å². The largest absolute Gasteiger partial charge is 0.505 e. The summed E-state index contributed by atoms with van der Waals surface area (Å²) in [4.78, 5) is 17.6. The molecule has 0 spiro atoms. The van der Waals surface area contributed by atoms with E-state index in [-0.39, 0.29) is 5.75 Å². The van der Waals surface area contributed by atoms with E-state index in [2.05, 4.69) is 14.7 Å². The van der Waals surface area contributed by atoms with Crippen LogP contribution in [-0.2, 0) is 9.53 Å². The van der Waals surface area contributed by atoms with Crippen LogP contribution in [0.15, 0.2) is 48.9 Å². The van der Waals surface area contributed by atoms with E-state index in [4.69, 9.17) is 0 Å². The number of nitrogens with zero attached hydrogens (tertiary/aromatic N) is 2. The highest BCUT2D eigenvalue weighted by molar-refractivity contribution is 5.92. The number of halogens is 1. The Bertz CT molecular complexity index is 803. The number of ether oxygens (including phenoxy) is 1. The molecule has 3 rings (SSSR count). The van der Waals surface area contributed by atoms with Crippen LogP contribution < -0.4 is 0 Å². The van der Waals surface area contributed by atoms with E-state index in [1.165, 1.54) is 12.1 Å². The van der Waals surface area contributed by atoms with E-state index in [9.17, 15) is 14.3 Å². The molecule has 0 aliphatic rings. The Kier molecular flexibility index (Phi) is 5.57. The number of carbonyl (C=O) groups is 1. The standard InChI is InChI=1S/C14H9FN2O.C3H6O2/c15-12-6-9(3-4-13(12)18)11-8-16-7-10-2-1-5-17-14(10)11;1-2-5-3-4/h1-8,18H;3H,2H2,1H3. The number of aromatic hydroxyl groups is 1. The van der Waals surface area contributed by atoms with Gasteiger partial charge in [0.25, 0.3) is 6.47 Å². The number of benzene rings is 1. The summed E-state index contributed by atoms with van der Waals surface area (Å²) in [5, 5.41) is 10.1. The number of hydrogen-bond acceptors (Lipinski definition) is 5. The molecule has 0 unspecified atom stereocenters. The molecule has 0 radical (unpaired) electrons. The number of aromatic nitrogens is 2. The van der Waals surface area contributed by atoms with E-state index in [1.807, 2.05) is 12.1 Å². The lowest BCUT2D eigenvalue weighted by atomic mass is 10.0. The molecule has 0 saturated carbocycles. The van der Waals surface area contributed by atoms with Crippen LogP contribution in [0.4, 0.5) is 4.39 Å². The summed E-state index contributed by atoms with van der Waals surface area (Å²) in [5.74, 6) is -1.01. The second-order valence-corrected chi connectivity index (χ2v) is 4.48. The van der Waals surface area contributed by atoms with Crippen molar-refractivity contribution in [1.82, 2.24) is 9.97 Å². The molecule has 0 aliphatic heterocycles. The average Bonchev–Trinajstić information content (AvgIpc) is 2.58. The Labute approximate surface area is 132 Å². The van der Waals surface area contributed by atoms with Gasteiger partial charge in [0.1, 0.15) is 0 Å². The van der Waals surface area contributed by atoms with Gasteiger partial charge in [-0.1, -0.05) is 6.07 Å². The van der Waals surface area contributed by atoms with Crippen molar-refractivity contribution in [2.45, 2.75) is 6.92 Å². The van der Waals surface area contributed by atoms with E-state index in [1.54, 1.807) is 31.6 Å². The van der Waals surface area contributed by atoms with Crippen molar-refractivity contribution in [3.8, 4) is 16.9 Å². The summed E-state index contributed by atoms with van der Waals surface area (Å²) >= 11 is 0. The third-order valence-electron chi connectivity index (χ3n) is 3.00. The van der Waals surface area contributed by atoms with Crippen LogP contribution in [0.3, 0.4) is 0 Å². The molecule has 6 heteroatoms. The van der Waals surface area contributed by atoms with E-state index < -0.39 is 5.82 Å². The first kappa shape index (κ1) is 16.4. The average molecular weight is 314 g/mol. The maximum absolute atomic E-state index is 13.4. The molecule has 0 aliphatic carbocycles. The molecule has 2 heterocycles. The zero-order valence-electron chi connectivity index (χ0n) is 12.4. The van der Waals surface area contributed by atoms with Crippen LogP contribution in [-0.4, -0.2) is 28.2 Å². The van der Waals surface area contributed by atoms with Crippen molar-refractivity contribution in [3.05, 3.63) is 54.7 Å². The molecule has 1 N–H and O–H groups in total. The van der Waals surface area contributed by atoms with Crippen molar-refractivity contribution in [1.29, 1.82) is 0 Å². The molecule has 1 aromatic carbocycles. The van der Waals surface area contributed by atoms with Crippen molar-refractivity contribution in [3.63, 3.8) is 0 Å². The second kappa shape index (κ2) is 7.84. The summed E-state index contributed by atoms with van der Waals surface area (Å²) in [6.07, 6.45) is 5.03. The van der Waals surface area contributed by atoms with Gasteiger partial charge < -0.3 is 9.84 Å². The maximum Gasteiger partial charge on any atom is 0.293 e. The smallest absolute Gasteiger partial charge is 0.293 e. The number of phenolic OH excluding ortho intramolecular Hbond substituents is 1. The molecule has 118 valence electrons. The van der Waals surface area contributed by atoms with E-state index in [0.717, 1.165) is 16.5 Å². The number of carbonyl (C=O) groups excluding carboxylic acids is 1. The van der Waals surface area contributed by atoms with Gasteiger partial charge in [-0.2, -0.15) is 0 Å². The molecule has 0 atom stereocenters. The Morgan fingerprint density at radius 2 is 2.13 bits per heavy atom. The fourth-order valence-corrected chi connectivity index (χ4v) is 1.95. The quantitative estimate of drug-likeness (QED) is 0.751. The molecule has 5 nitrogen and oxygen atoms in total. The van der Waals surface area contributed by atoms with Gasteiger partial charge in [0, 0.05) is 29.5 Å². The van der Waals surface area contributed by atoms with E-state index >= 15 is 0 Å². The minimum atomic E-state index is -0.652. The van der Waals surface area contributed by atoms with Gasteiger partial charge in [-0.15, -0.1) is 0 Å². The molecule has 0 amide bonds. The van der Waals surface area contributed by atoms with Crippen molar-refractivity contribution < 1.29 is 19.0 Å². The normalized spacial score (nSPS) is 9.83. The molecular formula is C17H15FN2O3. The van der Waals surface area contributed by atoms with Gasteiger partial charge in [0.2, 0.25) is 0 Å². The van der Waals surface area contributed by atoms with Crippen molar-refractivity contribution in [2.75, 3.05) is 6.61 Å². The fourth-order valence-electron chi connectivity index (χ4n) is 1.95. The van der Waals surface area contributed by atoms with E-state index in [0.29, 0.717) is 18.6 Å². The highest BCUT2D eigenvalue weighted by Crippen LogP contribution is 2.28. The summed E-state index contributed by atoms with van der Waals surface area (Å²) in [7, 11) is 0. The van der Waals surface area contributed by atoms with Crippen LogP contribution in [0.1, 0.15) is 6.92 Å². The zero-order valence-corrected chi connectivity index (χ0v) is 12.4. The molecule has 0 bridgehead atoms. The van der Waals surface area contributed by atoms with Gasteiger partial charge >= 0.3 is 0 Å². The summed E-state index contributed by atoms with van der Waals surface area (Å²) in [6, 6.07) is 7.97. The second-order valence-electron chi connectivity index (χ2n) is 4.48. The number of rotatable bonds is 3. The van der Waals surface area contributed by atoms with Crippen LogP contribution in [0.5, 0.6) is 5.75 Å². The Morgan fingerprint density at radius 3 is 2.78 bits per heavy atom. The van der Waals surface area contributed by atoms with Crippen LogP contribution in [0, 0.1) is 5.82 Å². The maximum atomic E-state index is 13.4. The molecular weight excluding hydrogens is 299 g/mol. The molecule has 3 aromatic rings. The SMILES string of the molecule is CCOC=O.Oc1ccc(-c2cncc3cccnc23)cc1F. The first-order chi connectivity index (χ1) is 11.2. The lowest BCUT2D eigenvalue weighted by Gasteiger charge is -2.05. The summed E-state index contributed by atoms with van der Waals surface area (Å²) in [6.45, 7) is 2.66. The summed E-state index contributed by atoms with van der Waals surface area (Å²) in [5.41, 5.74) is 2.15. The Hall–Kier alpha value is -3.02. The molecule has 2 aromatic heterocycles. The number of pyridine rings is 2. The van der Waals surface area contributed by atoms with Gasteiger partial charge in [0.05, 0.1) is 12.1 Å². The minimum absolute atomic E-state index is 0.361. The van der Waals surface area contributed by atoms with Crippen LogP contribution in [0.25, 0.3) is 22.0 Å². The fraction of sp³-hybridized carbons (Fsp3) is 0.118. The summed E-state index contributed by atoms with van der Waals surface area (Å²) < 4.78 is 17.5. The lowest BCUT2D eigenvalue weighted by molar-refractivity contribution is -0.128. The number of phenols is 1. The van der Waals surface area contributed by atoms with Crippen molar-refractivity contribution in [2.24, 2.45) is 0 Å². The van der Waals surface area contributed by atoms with Gasteiger partial charge in [0.15, 0.2) is 11.6 Å². The third-order valence-corrected chi connectivity index (χ3v) is 3.00. The predicted octanol–water partition coefficient (Wildman–Crippen LogP) is 3.32. The Morgan fingerprint density at radius 1 is 1.30 bits per heavy atom. The molecule has 23 heavy (non-hydrogen) atoms. The monoisotopic (exact) mass is 314 g/mol. The Balaban J connectivity index is 0.000000338. The number of fused-ring (bicyclic) bond motifs is 1. The van der Waals surface area contributed by atoms with Crippen molar-refractivity contribution >= 4 is 17.4 Å². The highest BCUT2D eigenvalue weighted by Gasteiger charge is 2.08. The van der Waals surface area contributed by atoms with Gasteiger partial charge in [-0.05, 0) is 36.8 Å². The number of hydrogen-bond donors (Lipinski definition) is 1. The van der Waals surface area contributed by atoms with Gasteiger partial charge in [-0.3, -0.25) is 14.8 Å². The lowest BCUT2D eigenvalue weighted by Crippen LogP contribution is -1.87.